The summed E-state index contributed by atoms with van der Waals surface area (Å²) in [5.41, 5.74) is 0.877. The summed E-state index contributed by atoms with van der Waals surface area (Å²) >= 11 is 11.8. The molecule has 2 heterocycles. The molecule has 0 atom stereocenters. The Labute approximate surface area is 154 Å². The van der Waals surface area contributed by atoms with Gasteiger partial charge >= 0.3 is 11.5 Å². The molecule has 0 aliphatic carbocycles. The number of hydrogen-bond donors (Lipinski definition) is 0. The van der Waals surface area contributed by atoms with E-state index in [0.29, 0.717) is 21.4 Å². The number of halogens is 2. The maximum absolute atomic E-state index is 12.1. The van der Waals surface area contributed by atoms with E-state index in [2.05, 4.69) is 10.3 Å². The third-order valence-electron chi connectivity index (χ3n) is 3.58. The first-order valence-electron chi connectivity index (χ1n) is 7.24. The zero-order valence-corrected chi connectivity index (χ0v) is 14.3. The van der Waals surface area contributed by atoms with E-state index >= 15 is 0 Å². The van der Waals surface area contributed by atoms with Crippen LogP contribution < -0.4 is 11.5 Å². The largest absolute Gasteiger partial charge is 0.446 e. The zero-order chi connectivity index (χ0) is 18.3. The number of rotatable bonds is 3. The van der Waals surface area contributed by atoms with Crippen molar-refractivity contribution in [3.8, 4) is 23.0 Å². The van der Waals surface area contributed by atoms with Crippen LogP contribution in [0.25, 0.3) is 23.0 Å². The van der Waals surface area contributed by atoms with Gasteiger partial charge in [-0.2, -0.15) is 0 Å². The van der Waals surface area contributed by atoms with Gasteiger partial charge in [0, 0.05) is 10.0 Å². The van der Waals surface area contributed by atoms with Crippen molar-refractivity contribution in [1.82, 2.24) is 19.4 Å². The second-order valence-electron chi connectivity index (χ2n) is 5.17. The second kappa shape index (κ2) is 6.32. The Morgan fingerprint density at radius 2 is 1.00 bits per heavy atom. The highest BCUT2D eigenvalue weighted by Gasteiger charge is 2.23. The van der Waals surface area contributed by atoms with Gasteiger partial charge in [0.1, 0.15) is 0 Å². The standard InChI is InChI=1S/C16H8Cl2N4O4/c17-9-1-5-11(6-2-9)21-13(19-25-15(21)23)14-20-26-16(24)22(14)12-7-3-10(18)4-8-12/h1-8H. The van der Waals surface area contributed by atoms with Crippen molar-refractivity contribution in [1.29, 1.82) is 0 Å². The van der Waals surface area contributed by atoms with Crippen LogP contribution >= 0.6 is 23.2 Å². The van der Waals surface area contributed by atoms with Gasteiger partial charge in [-0.05, 0) is 48.5 Å². The molecule has 0 spiro atoms. The van der Waals surface area contributed by atoms with Gasteiger partial charge < -0.3 is 0 Å². The first-order chi connectivity index (χ1) is 12.5. The fourth-order valence-electron chi connectivity index (χ4n) is 2.42. The Balaban J connectivity index is 1.94. The third kappa shape index (κ3) is 2.75. The topological polar surface area (TPSA) is 96.1 Å². The Morgan fingerprint density at radius 1 is 0.654 bits per heavy atom. The molecule has 0 amide bonds. The molecule has 0 saturated carbocycles. The Hall–Kier alpha value is -3.10. The molecule has 0 unspecified atom stereocenters. The highest BCUT2D eigenvalue weighted by molar-refractivity contribution is 6.30. The molecular formula is C16H8Cl2N4O4. The molecule has 2 aromatic carbocycles. The number of aromatic nitrogens is 4. The van der Waals surface area contributed by atoms with Crippen LogP contribution in [-0.4, -0.2) is 19.4 Å². The maximum Gasteiger partial charge on any atom is 0.446 e. The fourth-order valence-corrected chi connectivity index (χ4v) is 2.67. The van der Waals surface area contributed by atoms with Crippen molar-refractivity contribution >= 4 is 23.2 Å². The van der Waals surface area contributed by atoms with Gasteiger partial charge in [0.2, 0.25) is 11.6 Å². The predicted octanol–water partition coefficient (Wildman–Crippen LogP) is 2.94. The van der Waals surface area contributed by atoms with Crippen molar-refractivity contribution in [3.05, 3.63) is 79.7 Å². The zero-order valence-electron chi connectivity index (χ0n) is 12.8. The van der Waals surface area contributed by atoms with E-state index in [1.54, 1.807) is 48.5 Å². The second-order valence-corrected chi connectivity index (χ2v) is 6.04. The van der Waals surface area contributed by atoms with E-state index in [-0.39, 0.29) is 11.6 Å². The van der Waals surface area contributed by atoms with Crippen LogP contribution in [0, 0.1) is 0 Å². The van der Waals surface area contributed by atoms with E-state index in [0.717, 1.165) is 9.13 Å². The van der Waals surface area contributed by atoms with Crippen molar-refractivity contribution in [3.63, 3.8) is 0 Å². The van der Waals surface area contributed by atoms with Crippen LogP contribution in [0.1, 0.15) is 0 Å². The monoisotopic (exact) mass is 390 g/mol. The molecule has 0 N–H and O–H groups in total. The van der Waals surface area contributed by atoms with Gasteiger partial charge in [0.05, 0.1) is 11.4 Å². The van der Waals surface area contributed by atoms with Crippen molar-refractivity contribution < 1.29 is 9.05 Å². The summed E-state index contributed by atoms with van der Waals surface area (Å²) in [6.07, 6.45) is 0. The van der Waals surface area contributed by atoms with Crippen molar-refractivity contribution in [2.24, 2.45) is 0 Å². The lowest BCUT2D eigenvalue weighted by atomic mass is 10.3. The molecule has 0 bridgehead atoms. The Bertz CT molecular complexity index is 1090. The molecule has 2 aromatic heterocycles. The highest BCUT2D eigenvalue weighted by Crippen LogP contribution is 2.21. The molecule has 4 rings (SSSR count). The van der Waals surface area contributed by atoms with Crippen LogP contribution in [-0.2, 0) is 0 Å². The summed E-state index contributed by atoms with van der Waals surface area (Å²) in [7, 11) is 0. The molecule has 0 aliphatic rings. The molecule has 10 heteroatoms. The molecule has 0 aliphatic heterocycles. The summed E-state index contributed by atoms with van der Waals surface area (Å²) in [6.45, 7) is 0. The molecule has 0 radical (unpaired) electrons. The van der Waals surface area contributed by atoms with Gasteiger partial charge in [-0.3, -0.25) is 9.05 Å². The lowest BCUT2D eigenvalue weighted by Gasteiger charge is -2.06. The van der Waals surface area contributed by atoms with Crippen LogP contribution in [0.15, 0.2) is 67.2 Å². The quantitative estimate of drug-likeness (QED) is 0.533. The third-order valence-corrected chi connectivity index (χ3v) is 4.08. The van der Waals surface area contributed by atoms with E-state index in [4.69, 9.17) is 32.2 Å². The van der Waals surface area contributed by atoms with E-state index in [1.165, 1.54) is 0 Å². The number of nitrogens with zero attached hydrogens (tertiary/aromatic N) is 4. The molecule has 8 nitrogen and oxygen atoms in total. The maximum atomic E-state index is 12.1. The minimum atomic E-state index is -0.750. The molecule has 0 fully saturated rings. The highest BCUT2D eigenvalue weighted by atomic mass is 35.5. The van der Waals surface area contributed by atoms with Gasteiger partial charge in [-0.15, -0.1) is 0 Å². The summed E-state index contributed by atoms with van der Waals surface area (Å²) in [4.78, 5) is 24.3. The molecule has 130 valence electrons. The average Bonchev–Trinajstić information content (AvgIpc) is 3.19. The average molecular weight is 391 g/mol. The molecular weight excluding hydrogens is 383 g/mol. The first kappa shape index (κ1) is 16.4. The molecule has 0 saturated heterocycles. The van der Waals surface area contributed by atoms with Crippen LogP contribution in [0.4, 0.5) is 0 Å². The van der Waals surface area contributed by atoms with E-state index in [9.17, 15) is 9.59 Å². The summed E-state index contributed by atoms with van der Waals surface area (Å²) in [5.74, 6) is -1.50. The van der Waals surface area contributed by atoms with Gasteiger partial charge in [-0.25, -0.2) is 18.7 Å². The summed E-state index contributed by atoms with van der Waals surface area (Å²) < 4.78 is 11.8. The summed E-state index contributed by atoms with van der Waals surface area (Å²) in [6, 6.07) is 12.9. The van der Waals surface area contributed by atoms with Crippen LogP contribution in [0.3, 0.4) is 0 Å². The minimum absolute atomic E-state index is 0.00174. The molecule has 26 heavy (non-hydrogen) atoms. The van der Waals surface area contributed by atoms with Crippen molar-refractivity contribution in [2.75, 3.05) is 0 Å². The normalized spacial score (nSPS) is 11.0. The van der Waals surface area contributed by atoms with E-state index < -0.39 is 11.5 Å². The summed E-state index contributed by atoms with van der Waals surface area (Å²) in [5, 5.41) is 8.47. The fraction of sp³-hybridized carbons (Fsp3) is 0. The number of hydrogen-bond acceptors (Lipinski definition) is 6. The number of benzene rings is 2. The van der Waals surface area contributed by atoms with Gasteiger partial charge in [-0.1, -0.05) is 33.5 Å². The Kier molecular flexibility index (Phi) is 3.98. The minimum Gasteiger partial charge on any atom is -0.295 e. The van der Waals surface area contributed by atoms with Crippen LogP contribution in [0.5, 0.6) is 0 Å². The smallest absolute Gasteiger partial charge is 0.295 e. The molecule has 4 aromatic rings. The van der Waals surface area contributed by atoms with E-state index in [1.807, 2.05) is 0 Å². The predicted molar refractivity (Wildman–Crippen MR) is 93.2 cm³/mol. The van der Waals surface area contributed by atoms with Crippen molar-refractivity contribution in [2.45, 2.75) is 0 Å². The van der Waals surface area contributed by atoms with Crippen LogP contribution in [0.2, 0.25) is 10.0 Å². The van der Waals surface area contributed by atoms with Gasteiger partial charge in [0.25, 0.3) is 0 Å². The Morgan fingerprint density at radius 3 is 1.35 bits per heavy atom. The lowest BCUT2D eigenvalue weighted by molar-refractivity contribution is 0.378. The SMILES string of the molecule is O=c1onc(-c2noc(=O)n2-c2ccc(Cl)cc2)n1-c1ccc(Cl)cc1. The lowest BCUT2D eigenvalue weighted by Crippen LogP contribution is -2.17. The van der Waals surface area contributed by atoms with Gasteiger partial charge in [0.15, 0.2) is 0 Å². The first-order valence-corrected chi connectivity index (χ1v) is 8.00.